The summed E-state index contributed by atoms with van der Waals surface area (Å²) in [5.41, 5.74) is 10.5. The molecule has 3 rings (SSSR count). The van der Waals surface area contributed by atoms with Crippen LogP contribution in [0.25, 0.3) is 21.3 Å². The van der Waals surface area contributed by atoms with E-state index in [-0.39, 0.29) is 11.8 Å². The molecular formula is C16H17N5O. The van der Waals surface area contributed by atoms with Gasteiger partial charge in [-0.2, -0.15) is 0 Å². The molecule has 0 spiro atoms. The van der Waals surface area contributed by atoms with Crippen LogP contribution < -0.4 is 0 Å². The topological polar surface area (TPSA) is 82.0 Å². The minimum Gasteiger partial charge on any atom is -0.342 e. The van der Waals surface area contributed by atoms with Crippen molar-refractivity contribution in [3.8, 4) is 0 Å². The molecule has 2 aromatic rings. The number of fused-ring (bicyclic) bond motifs is 1. The average molecular weight is 295 g/mol. The fourth-order valence-corrected chi connectivity index (χ4v) is 2.97. The highest BCUT2D eigenvalue weighted by Crippen LogP contribution is 2.21. The van der Waals surface area contributed by atoms with Crippen LogP contribution in [-0.2, 0) is 11.2 Å². The maximum absolute atomic E-state index is 12.0. The Kier molecular flexibility index (Phi) is 4.21. The number of hydrogen-bond donors (Lipinski definition) is 0. The SMILES string of the molecule is [N-]=[N+]=NCC1CC(=O)N(CCc2cccc3cccnc23)C1. The third-order valence-electron chi connectivity index (χ3n) is 4.07. The van der Waals surface area contributed by atoms with E-state index in [1.165, 1.54) is 0 Å². The second-order valence-electron chi connectivity index (χ2n) is 5.57. The van der Waals surface area contributed by atoms with E-state index in [1.54, 1.807) is 6.20 Å². The summed E-state index contributed by atoms with van der Waals surface area (Å²) in [5.74, 6) is 0.292. The number of carbonyl (C=O) groups is 1. The Morgan fingerprint density at radius 2 is 2.23 bits per heavy atom. The summed E-state index contributed by atoms with van der Waals surface area (Å²) in [4.78, 5) is 21.1. The van der Waals surface area contributed by atoms with Crippen LogP contribution in [0.15, 0.2) is 41.6 Å². The largest absolute Gasteiger partial charge is 0.342 e. The van der Waals surface area contributed by atoms with Gasteiger partial charge in [0, 0.05) is 42.5 Å². The summed E-state index contributed by atoms with van der Waals surface area (Å²) in [7, 11) is 0. The van der Waals surface area contributed by atoms with Crippen molar-refractivity contribution in [1.29, 1.82) is 0 Å². The van der Waals surface area contributed by atoms with Crippen LogP contribution >= 0.6 is 0 Å². The zero-order valence-electron chi connectivity index (χ0n) is 12.2. The summed E-state index contributed by atoms with van der Waals surface area (Å²) in [5, 5.41) is 4.69. The van der Waals surface area contributed by atoms with E-state index in [4.69, 9.17) is 5.53 Å². The number of rotatable bonds is 5. The minimum atomic E-state index is 0.145. The molecule has 1 unspecified atom stereocenters. The van der Waals surface area contributed by atoms with Gasteiger partial charge in [-0.15, -0.1) is 0 Å². The van der Waals surface area contributed by atoms with Gasteiger partial charge >= 0.3 is 0 Å². The molecule has 0 aliphatic carbocycles. The molecule has 6 nitrogen and oxygen atoms in total. The Bertz CT molecular complexity index is 733. The van der Waals surface area contributed by atoms with Crippen molar-refractivity contribution in [1.82, 2.24) is 9.88 Å². The van der Waals surface area contributed by atoms with Crippen LogP contribution in [0, 0.1) is 5.92 Å². The molecule has 1 amide bonds. The van der Waals surface area contributed by atoms with Gasteiger partial charge in [0.25, 0.3) is 0 Å². The number of para-hydroxylation sites is 1. The third-order valence-corrected chi connectivity index (χ3v) is 4.07. The number of likely N-dealkylation sites (tertiary alicyclic amines) is 1. The molecule has 0 saturated carbocycles. The standard InChI is InChI=1S/C16H17N5O/c17-20-19-10-12-9-15(22)21(11-12)8-6-14-4-1-3-13-5-2-7-18-16(13)14/h1-5,7,12H,6,8-11H2. The molecule has 112 valence electrons. The molecule has 0 radical (unpaired) electrons. The first-order chi connectivity index (χ1) is 10.8. The molecule has 22 heavy (non-hydrogen) atoms. The number of benzene rings is 1. The Morgan fingerprint density at radius 1 is 1.36 bits per heavy atom. The average Bonchev–Trinajstić information content (AvgIpc) is 2.91. The number of amides is 1. The van der Waals surface area contributed by atoms with Crippen molar-refractivity contribution in [3.05, 3.63) is 52.5 Å². The van der Waals surface area contributed by atoms with Crippen molar-refractivity contribution in [2.24, 2.45) is 11.0 Å². The molecule has 1 aliphatic rings. The van der Waals surface area contributed by atoms with Gasteiger partial charge in [0.1, 0.15) is 0 Å². The highest BCUT2D eigenvalue weighted by Gasteiger charge is 2.28. The molecule has 6 heteroatoms. The molecule has 1 atom stereocenters. The fraction of sp³-hybridized carbons (Fsp3) is 0.375. The Labute approximate surface area is 128 Å². The minimum absolute atomic E-state index is 0.145. The number of aromatic nitrogens is 1. The van der Waals surface area contributed by atoms with E-state index in [2.05, 4.69) is 21.1 Å². The van der Waals surface area contributed by atoms with E-state index in [0.717, 1.165) is 22.9 Å². The quantitative estimate of drug-likeness (QED) is 0.482. The van der Waals surface area contributed by atoms with Gasteiger partial charge in [-0.3, -0.25) is 9.78 Å². The number of hydrogen-bond acceptors (Lipinski definition) is 3. The zero-order valence-corrected chi connectivity index (χ0v) is 12.2. The van der Waals surface area contributed by atoms with Gasteiger partial charge in [-0.1, -0.05) is 29.4 Å². The van der Waals surface area contributed by atoms with Crippen molar-refractivity contribution >= 4 is 16.8 Å². The molecule has 0 bridgehead atoms. The number of carbonyl (C=O) groups excluding carboxylic acids is 1. The number of nitrogens with zero attached hydrogens (tertiary/aromatic N) is 5. The molecule has 0 N–H and O–H groups in total. The van der Waals surface area contributed by atoms with Gasteiger partial charge in [0.05, 0.1) is 5.52 Å². The lowest BCUT2D eigenvalue weighted by Crippen LogP contribution is -2.27. The lowest BCUT2D eigenvalue weighted by atomic mass is 10.1. The first kappa shape index (κ1) is 14.4. The Morgan fingerprint density at radius 3 is 3.09 bits per heavy atom. The predicted molar refractivity (Wildman–Crippen MR) is 84.1 cm³/mol. The maximum atomic E-state index is 12.0. The lowest BCUT2D eigenvalue weighted by Gasteiger charge is -2.16. The molecule has 1 aliphatic heterocycles. The first-order valence-corrected chi connectivity index (χ1v) is 7.39. The smallest absolute Gasteiger partial charge is 0.222 e. The monoisotopic (exact) mass is 295 g/mol. The second-order valence-corrected chi connectivity index (χ2v) is 5.57. The predicted octanol–water partition coefficient (Wildman–Crippen LogP) is 2.94. The first-order valence-electron chi connectivity index (χ1n) is 7.39. The van der Waals surface area contributed by atoms with Gasteiger partial charge in [-0.05, 0) is 29.5 Å². The maximum Gasteiger partial charge on any atom is 0.222 e. The van der Waals surface area contributed by atoms with Crippen LogP contribution in [0.2, 0.25) is 0 Å². The van der Waals surface area contributed by atoms with E-state index >= 15 is 0 Å². The van der Waals surface area contributed by atoms with Gasteiger partial charge in [-0.25, -0.2) is 0 Å². The van der Waals surface area contributed by atoms with Crippen LogP contribution in [-0.4, -0.2) is 35.4 Å². The van der Waals surface area contributed by atoms with E-state index in [1.807, 2.05) is 29.2 Å². The van der Waals surface area contributed by atoms with E-state index in [0.29, 0.717) is 26.1 Å². The summed E-state index contributed by atoms with van der Waals surface area (Å²) in [6, 6.07) is 10.1. The van der Waals surface area contributed by atoms with Crippen molar-refractivity contribution in [2.75, 3.05) is 19.6 Å². The highest BCUT2D eigenvalue weighted by molar-refractivity contribution is 5.82. The van der Waals surface area contributed by atoms with Gasteiger partial charge in [0.2, 0.25) is 5.91 Å². The molecule has 1 saturated heterocycles. The highest BCUT2D eigenvalue weighted by atomic mass is 16.2. The van der Waals surface area contributed by atoms with Crippen LogP contribution in [0.1, 0.15) is 12.0 Å². The summed E-state index contributed by atoms with van der Waals surface area (Å²) >= 11 is 0. The third kappa shape index (κ3) is 3.02. The van der Waals surface area contributed by atoms with Crippen LogP contribution in [0.5, 0.6) is 0 Å². The van der Waals surface area contributed by atoms with E-state index in [9.17, 15) is 4.79 Å². The zero-order chi connectivity index (χ0) is 15.4. The van der Waals surface area contributed by atoms with Gasteiger partial charge < -0.3 is 4.90 Å². The summed E-state index contributed by atoms with van der Waals surface area (Å²) in [6.45, 7) is 1.76. The molecule has 1 aromatic carbocycles. The fourth-order valence-electron chi connectivity index (χ4n) is 2.97. The van der Waals surface area contributed by atoms with Crippen LogP contribution in [0.3, 0.4) is 0 Å². The lowest BCUT2D eigenvalue weighted by molar-refractivity contribution is -0.127. The van der Waals surface area contributed by atoms with Crippen LogP contribution in [0.4, 0.5) is 0 Å². The second kappa shape index (κ2) is 6.45. The van der Waals surface area contributed by atoms with Crippen molar-refractivity contribution < 1.29 is 4.79 Å². The molecule has 1 aromatic heterocycles. The van der Waals surface area contributed by atoms with Gasteiger partial charge in [0.15, 0.2) is 0 Å². The number of azide groups is 1. The molecule has 1 fully saturated rings. The van der Waals surface area contributed by atoms with E-state index < -0.39 is 0 Å². The molecular weight excluding hydrogens is 278 g/mol. The summed E-state index contributed by atoms with van der Waals surface area (Å²) < 4.78 is 0. The van der Waals surface area contributed by atoms with Crippen molar-refractivity contribution in [3.63, 3.8) is 0 Å². The number of pyridine rings is 1. The Hall–Kier alpha value is -2.59. The normalized spacial score (nSPS) is 17.7. The van der Waals surface area contributed by atoms with Crippen molar-refractivity contribution in [2.45, 2.75) is 12.8 Å². The molecule has 2 heterocycles. The summed E-state index contributed by atoms with van der Waals surface area (Å²) in [6.07, 6.45) is 3.06. The Balaban J connectivity index is 1.67.